The van der Waals surface area contributed by atoms with Gasteiger partial charge >= 0.3 is 0 Å². The summed E-state index contributed by atoms with van der Waals surface area (Å²) in [5.41, 5.74) is 2.58. The van der Waals surface area contributed by atoms with E-state index in [4.69, 9.17) is 0 Å². The molecule has 0 fully saturated rings. The fraction of sp³-hybridized carbons (Fsp3) is 0.294. The Morgan fingerprint density at radius 3 is 2.57 bits per heavy atom. The molecule has 0 aliphatic heterocycles. The molecule has 0 saturated carbocycles. The summed E-state index contributed by atoms with van der Waals surface area (Å²) in [5.74, 6) is 0. The highest BCUT2D eigenvalue weighted by Gasteiger charge is 2.12. The van der Waals surface area contributed by atoms with Gasteiger partial charge in [-0.2, -0.15) is 5.10 Å². The van der Waals surface area contributed by atoms with E-state index >= 15 is 0 Å². The van der Waals surface area contributed by atoms with Crippen LogP contribution in [0.2, 0.25) is 0 Å². The highest BCUT2D eigenvalue weighted by Crippen LogP contribution is 2.23. The normalized spacial score (nSPS) is 12.0. The van der Waals surface area contributed by atoms with Gasteiger partial charge in [-0.3, -0.25) is 9.67 Å². The van der Waals surface area contributed by atoms with Crippen molar-refractivity contribution in [2.45, 2.75) is 32.4 Å². The molecule has 0 saturated heterocycles. The number of pyridine rings is 1. The number of benzene rings is 1. The van der Waals surface area contributed by atoms with Crippen LogP contribution in [0.15, 0.2) is 48.9 Å². The first-order chi connectivity index (χ1) is 10.0. The van der Waals surface area contributed by atoms with Gasteiger partial charge in [0.1, 0.15) is 0 Å². The molecular weight excluding hydrogens is 262 g/mol. The molecule has 0 aliphatic rings. The molecule has 2 aromatic heterocycles. The summed E-state index contributed by atoms with van der Waals surface area (Å²) in [4.78, 5) is 4.04. The molecule has 0 radical (unpaired) electrons. The van der Waals surface area contributed by atoms with Crippen LogP contribution >= 0.6 is 0 Å². The van der Waals surface area contributed by atoms with E-state index in [0.29, 0.717) is 13.0 Å². The van der Waals surface area contributed by atoms with Crippen LogP contribution in [0.1, 0.15) is 20.3 Å². The monoisotopic (exact) mass is 281 g/mol. The maximum Gasteiger partial charge on any atom is 0.0929 e. The molecule has 3 rings (SSSR count). The molecule has 0 amide bonds. The minimum absolute atomic E-state index is 0.666. The van der Waals surface area contributed by atoms with Gasteiger partial charge in [-0.25, -0.2) is 0 Å². The van der Waals surface area contributed by atoms with Gasteiger partial charge in [-0.15, -0.1) is 0 Å². The van der Waals surface area contributed by atoms with Gasteiger partial charge in [-0.05, 0) is 49.6 Å². The Morgan fingerprint density at radius 1 is 1.10 bits per heavy atom. The number of hydrogen-bond acceptors (Lipinski definition) is 3. The fourth-order valence-electron chi connectivity index (χ4n) is 2.29. The van der Waals surface area contributed by atoms with Crippen molar-refractivity contribution in [3.05, 3.63) is 48.9 Å². The topological polar surface area (TPSA) is 50.9 Å². The summed E-state index contributed by atoms with van der Waals surface area (Å²) in [6, 6.07) is 10.3. The van der Waals surface area contributed by atoms with Crippen LogP contribution < -0.4 is 0 Å². The summed E-state index contributed by atoms with van der Waals surface area (Å²) < 4.78 is 1.90. The molecule has 1 N–H and O–H groups in total. The maximum absolute atomic E-state index is 9.80. The molecule has 108 valence electrons. The molecule has 0 atom stereocenters. The number of nitrogens with zero attached hydrogens (tertiary/aromatic N) is 3. The largest absolute Gasteiger partial charge is 0.390 e. The third-order valence-electron chi connectivity index (χ3n) is 3.52. The molecule has 0 aliphatic carbocycles. The minimum atomic E-state index is -0.666. The Balaban J connectivity index is 1.89. The number of aryl methyl sites for hydroxylation is 1. The zero-order valence-electron chi connectivity index (χ0n) is 12.3. The van der Waals surface area contributed by atoms with Gasteiger partial charge in [0.15, 0.2) is 0 Å². The second-order valence-electron chi connectivity index (χ2n) is 5.96. The van der Waals surface area contributed by atoms with Crippen LogP contribution in [-0.4, -0.2) is 25.5 Å². The molecule has 1 aromatic carbocycles. The molecule has 3 aromatic rings. The highest BCUT2D eigenvalue weighted by atomic mass is 16.3. The van der Waals surface area contributed by atoms with E-state index in [1.54, 1.807) is 12.4 Å². The van der Waals surface area contributed by atoms with Crippen molar-refractivity contribution < 1.29 is 5.11 Å². The van der Waals surface area contributed by atoms with Gasteiger partial charge < -0.3 is 5.11 Å². The van der Waals surface area contributed by atoms with E-state index in [2.05, 4.69) is 28.3 Å². The summed E-state index contributed by atoms with van der Waals surface area (Å²) in [6.45, 7) is 4.35. The number of aliphatic hydroxyl groups is 1. The Labute approximate surface area is 124 Å². The third-order valence-corrected chi connectivity index (χ3v) is 3.52. The Hall–Kier alpha value is -2.20. The SMILES string of the molecule is CC(C)(O)CCn1cc2ccc(-c3ccncc3)cc2n1. The molecule has 0 unspecified atom stereocenters. The van der Waals surface area contributed by atoms with Gasteiger partial charge in [-0.1, -0.05) is 12.1 Å². The van der Waals surface area contributed by atoms with Crippen LogP contribution in [0.4, 0.5) is 0 Å². The van der Waals surface area contributed by atoms with E-state index in [0.717, 1.165) is 22.0 Å². The number of hydrogen-bond donors (Lipinski definition) is 1. The zero-order valence-corrected chi connectivity index (χ0v) is 12.3. The predicted molar refractivity (Wildman–Crippen MR) is 83.9 cm³/mol. The van der Waals surface area contributed by atoms with Gasteiger partial charge in [0.2, 0.25) is 0 Å². The van der Waals surface area contributed by atoms with Gasteiger partial charge in [0.25, 0.3) is 0 Å². The number of aromatic nitrogens is 3. The first-order valence-corrected chi connectivity index (χ1v) is 7.11. The van der Waals surface area contributed by atoms with Crippen molar-refractivity contribution in [1.29, 1.82) is 0 Å². The van der Waals surface area contributed by atoms with E-state index in [9.17, 15) is 5.11 Å². The smallest absolute Gasteiger partial charge is 0.0929 e. The lowest BCUT2D eigenvalue weighted by Gasteiger charge is -2.16. The lowest BCUT2D eigenvalue weighted by atomic mass is 10.1. The van der Waals surface area contributed by atoms with E-state index in [1.807, 2.05) is 36.9 Å². The molecule has 4 heteroatoms. The summed E-state index contributed by atoms with van der Waals surface area (Å²) >= 11 is 0. The van der Waals surface area contributed by atoms with Gasteiger partial charge in [0, 0.05) is 30.5 Å². The van der Waals surface area contributed by atoms with Gasteiger partial charge in [0.05, 0.1) is 11.1 Å². The second kappa shape index (κ2) is 5.30. The first kappa shape index (κ1) is 13.8. The van der Waals surface area contributed by atoms with E-state index in [-0.39, 0.29) is 0 Å². The Morgan fingerprint density at radius 2 is 1.86 bits per heavy atom. The van der Waals surface area contributed by atoms with Crippen LogP contribution in [0.25, 0.3) is 22.0 Å². The van der Waals surface area contributed by atoms with Crippen molar-refractivity contribution in [2.24, 2.45) is 0 Å². The van der Waals surface area contributed by atoms with Crippen LogP contribution in [-0.2, 0) is 6.54 Å². The first-order valence-electron chi connectivity index (χ1n) is 7.11. The Kier molecular flexibility index (Phi) is 3.47. The molecule has 0 bridgehead atoms. The highest BCUT2D eigenvalue weighted by molar-refractivity contribution is 5.83. The lowest BCUT2D eigenvalue weighted by molar-refractivity contribution is 0.0651. The minimum Gasteiger partial charge on any atom is -0.390 e. The summed E-state index contributed by atoms with van der Waals surface area (Å²) in [7, 11) is 0. The molecule has 4 nitrogen and oxygen atoms in total. The second-order valence-corrected chi connectivity index (χ2v) is 5.96. The summed E-state index contributed by atoms with van der Waals surface area (Å²) in [6.07, 6.45) is 6.29. The molecule has 0 spiro atoms. The zero-order chi connectivity index (χ0) is 14.9. The Bertz CT molecular complexity index is 742. The average Bonchev–Trinajstić information content (AvgIpc) is 2.87. The van der Waals surface area contributed by atoms with Crippen molar-refractivity contribution in [3.63, 3.8) is 0 Å². The van der Waals surface area contributed by atoms with Crippen LogP contribution in [0, 0.1) is 0 Å². The maximum atomic E-state index is 9.80. The average molecular weight is 281 g/mol. The van der Waals surface area contributed by atoms with Crippen LogP contribution in [0.3, 0.4) is 0 Å². The van der Waals surface area contributed by atoms with Crippen molar-refractivity contribution in [1.82, 2.24) is 14.8 Å². The van der Waals surface area contributed by atoms with Crippen LogP contribution in [0.5, 0.6) is 0 Å². The third kappa shape index (κ3) is 3.28. The standard InChI is InChI=1S/C17H19N3O/c1-17(2,21)7-10-20-12-15-4-3-14(11-16(15)19-20)13-5-8-18-9-6-13/h3-6,8-9,11-12,21H,7,10H2,1-2H3. The van der Waals surface area contributed by atoms with Crippen molar-refractivity contribution >= 4 is 10.9 Å². The fourth-order valence-corrected chi connectivity index (χ4v) is 2.29. The van der Waals surface area contributed by atoms with Crippen molar-refractivity contribution in [2.75, 3.05) is 0 Å². The van der Waals surface area contributed by atoms with E-state index in [1.165, 1.54) is 0 Å². The number of fused-ring (bicyclic) bond motifs is 1. The lowest BCUT2D eigenvalue weighted by Crippen LogP contribution is -2.21. The molecular formula is C17H19N3O. The quantitative estimate of drug-likeness (QED) is 0.798. The van der Waals surface area contributed by atoms with Crippen molar-refractivity contribution in [3.8, 4) is 11.1 Å². The predicted octanol–water partition coefficient (Wildman–Crippen LogP) is 3.26. The number of rotatable bonds is 4. The molecule has 21 heavy (non-hydrogen) atoms. The molecule has 2 heterocycles. The summed E-state index contributed by atoms with van der Waals surface area (Å²) in [5, 5.41) is 15.5. The van der Waals surface area contributed by atoms with E-state index < -0.39 is 5.60 Å².